The van der Waals surface area contributed by atoms with Crippen molar-refractivity contribution in [2.24, 2.45) is 9.98 Å². The Morgan fingerprint density at radius 1 is 0.207 bits per heavy atom. The molecule has 0 bridgehead atoms. The van der Waals surface area contributed by atoms with E-state index in [4.69, 9.17) is 0 Å². The number of benzene rings is 7. The molecule has 0 unspecified atom stereocenters. The van der Waals surface area contributed by atoms with E-state index in [2.05, 4.69) is 20.0 Å². The van der Waals surface area contributed by atoms with Gasteiger partial charge in [-0.2, -0.15) is 158 Å². The molecule has 4 heterocycles. The predicted molar refractivity (Wildman–Crippen MR) is 321 cm³/mol. The number of nitrogens with zero attached hydrogens (tertiary/aromatic N) is 4. The average molecular weight is 1680 g/mol. The zero-order chi connectivity index (χ0) is 82.7. The topological polar surface area (TPSA) is 98.2 Å². The number of halogens is 36. The van der Waals surface area contributed by atoms with Crippen molar-refractivity contribution in [1.82, 2.24) is 9.97 Å². The SMILES string of the molecule is N=c1c(=N)c(=Nc2cc(-c3cc(C(F)(F)F)cc(C(F)(F)F)c3)sc2-c2cc(C(F)(F)F)cc(C(F)(F)F)c2)c2nc3c(-c4cc(C(F)(F)F)cc(C(F)(F)F)c4)sc(-c4cc(C(F)(F)F)cc(C(F)(F)F)c4)c3nc2c1=Nc1cc(-c2cc(C(F)(F)F)cc(C(F)(F)F)c2)sc1-c1cc(C(F)(F)F)cc(C(F)(F)F)c1. The Morgan fingerprint density at radius 2 is 0.378 bits per heavy atom. The van der Waals surface area contributed by atoms with Crippen LogP contribution >= 0.6 is 34.0 Å². The summed E-state index contributed by atoms with van der Waals surface area (Å²) in [5.74, 6) is 0. The molecule has 0 amide bonds. The molecule has 11 rings (SSSR count). The summed E-state index contributed by atoms with van der Waals surface area (Å²) >= 11 is -1.06. The Morgan fingerprint density at radius 3 is 0.559 bits per heavy atom. The summed E-state index contributed by atoms with van der Waals surface area (Å²) < 4.78 is 526. The van der Waals surface area contributed by atoms with Crippen LogP contribution in [0.3, 0.4) is 0 Å². The van der Waals surface area contributed by atoms with Crippen LogP contribution < -0.4 is 21.4 Å². The van der Waals surface area contributed by atoms with Gasteiger partial charge in [-0.15, -0.1) is 34.0 Å². The van der Waals surface area contributed by atoms with Gasteiger partial charge in [0.15, 0.2) is 0 Å². The number of hydrogen-bond acceptors (Lipinski definition) is 9. The Hall–Kier alpha value is -10.1. The van der Waals surface area contributed by atoms with E-state index >= 15 is 0 Å². The largest absolute Gasteiger partial charge is 0.416 e. The van der Waals surface area contributed by atoms with Gasteiger partial charge in [-0.3, -0.25) is 10.8 Å². The highest BCUT2D eigenvalue weighted by Crippen LogP contribution is 2.54. The lowest BCUT2D eigenvalue weighted by molar-refractivity contribution is -0.144. The van der Waals surface area contributed by atoms with Crippen LogP contribution in [0.25, 0.3) is 84.7 Å². The maximum Gasteiger partial charge on any atom is 0.416 e. The second-order valence-corrected chi connectivity index (χ2v) is 26.6. The number of aromatic nitrogens is 2. The van der Waals surface area contributed by atoms with E-state index in [1.54, 1.807) is 0 Å². The van der Waals surface area contributed by atoms with E-state index in [0.717, 1.165) is 0 Å². The molecule has 0 radical (unpaired) electrons. The second-order valence-electron chi connectivity index (χ2n) is 23.5. The van der Waals surface area contributed by atoms with E-state index < -0.39 is 306 Å². The molecule has 0 spiro atoms. The van der Waals surface area contributed by atoms with Gasteiger partial charge in [-0.25, -0.2) is 20.0 Å². The van der Waals surface area contributed by atoms with E-state index in [1.165, 1.54) is 0 Å². The molecule has 0 aliphatic carbocycles. The number of fused-ring (bicyclic) bond motifs is 2. The van der Waals surface area contributed by atoms with Gasteiger partial charge in [0.25, 0.3) is 0 Å². The van der Waals surface area contributed by atoms with Crippen molar-refractivity contribution in [3.8, 4) is 62.6 Å². The third-order valence-electron chi connectivity index (χ3n) is 15.7. The molecule has 111 heavy (non-hydrogen) atoms. The number of hydrogen-bond donors (Lipinski definition) is 2. The molecule has 7 aromatic carbocycles. The van der Waals surface area contributed by atoms with Crippen LogP contribution in [-0.4, -0.2) is 9.97 Å². The summed E-state index contributed by atoms with van der Waals surface area (Å²) in [6.45, 7) is 0. The highest BCUT2D eigenvalue weighted by molar-refractivity contribution is 7.21. The van der Waals surface area contributed by atoms with Crippen molar-refractivity contribution in [1.29, 1.82) is 10.8 Å². The first-order valence-electron chi connectivity index (χ1n) is 29.1. The Labute approximate surface area is 600 Å². The Bertz CT molecular complexity index is 5280. The smallest absolute Gasteiger partial charge is 0.296 e. The third kappa shape index (κ3) is 16.9. The van der Waals surface area contributed by atoms with Crippen LogP contribution in [0.5, 0.6) is 0 Å². The summed E-state index contributed by atoms with van der Waals surface area (Å²) in [6.07, 6.45) is -70.0. The Balaban J connectivity index is 1.41. The van der Waals surface area contributed by atoms with E-state index in [0.29, 0.717) is 0 Å². The minimum atomic E-state index is -5.88. The first kappa shape index (κ1) is 81.9. The molecule has 0 aliphatic heterocycles. The lowest BCUT2D eigenvalue weighted by Crippen LogP contribution is -2.48. The van der Waals surface area contributed by atoms with Gasteiger partial charge < -0.3 is 0 Å². The fourth-order valence-corrected chi connectivity index (χ4v) is 14.1. The van der Waals surface area contributed by atoms with Crippen molar-refractivity contribution >= 4 is 67.5 Å². The zero-order valence-electron chi connectivity index (χ0n) is 52.2. The first-order valence-corrected chi connectivity index (χ1v) is 31.6. The molecule has 2 N–H and O–H groups in total. The molecule has 0 saturated heterocycles. The van der Waals surface area contributed by atoms with E-state index in [1.807, 2.05) is 0 Å². The van der Waals surface area contributed by atoms with Crippen molar-refractivity contribution in [3.05, 3.63) is 210 Å². The lowest BCUT2D eigenvalue weighted by Gasteiger charge is -2.14. The summed E-state index contributed by atoms with van der Waals surface area (Å²) in [6, 6.07) is -4.29. The maximum atomic E-state index is 14.7. The van der Waals surface area contributed by atoms with Gasteiger partial charge in [0.1, 0.15) is 43.5 Å². The van der Waals surface area contributed by atoms with Gasteiger partial charge in [0, 0.05) is 9.75 Å². The number of nitrogens with one attached hydrogen (secondary N) is 2. The fourth-order valence-electron chi connectivity index (χ4n) is 10.8. The van der Waals surface area contributed by atoms with Gasteiger partial charge >= 0.3 is 74.1 Å². The molecular weight excluding hydrogens is 1660 g/mol. The predicted octanol–water partition coefficient (Wildman–Crippen LogP) is 25.5. The lowest BCUT2D eigenvalue weighted by atomic mass is 10.0. The van der Waals surface area contributed by atoms with E-state index in [9.17, 15) is 169 Å². The van der Waals surface area contributed by atoms with Crippen LogP contribution in [-0.2, 0) is 74.1 Å². The number of rotatable bonds is 8. The molecule has 4 aromatic heterocycles. The van der Waals surface area contributed by atoms with Crippen molar-refractivity contribution in [2.75, 3.05) is 0 Å². The Kier molecular flexibility index (Phi) is 19.8. The first-order chi connectivity index (χ1) is 50.3. The number of thiophene rings is 3. The molecule has 0 aliphatic rings. The second kappa shape index (κ2) is 26.8. The van der Waals surface area contributed by atoms with Crippen LogP contribution in [0.2, 0.25) is 0 Å². The molecule has 586 valence electrons. The molecule has 45 heteroatoms. The molecule has 0 saturated carbocycles. The summed E-state index contributed by atoms with van der Waals surface area (Å²) in [5, 5.41) is 12.0. The quantitative estimate of drug-likeness (QED) is 0.148. The average Bonchev–Trinajstić information content (AvgIpc) is 1.62. The molecule has 0 atom stereocenters. The highest BCUT2D eigenvalue weighted by Gasteiger charge is 2.45. The van der Waals surface area contributed by atoms with E-state index in [-0.39, 0.29) is 108 Å². The maximum absolute atomic E-state index is 14.7. The van der Waals surface area contributed by atoms with Crippen molar-refractivity contribution in [2.45, 2.75) is 74.1 Å². The van der Waals surface area contributed by atoms with Crippen LogP contribution in [0.4, 0.5) is 169 Å². The third-order valence-corrected chi connectivity index (χ3v) is 19.4. The molecular formula is C66H22F36N6S3. The fraction of sp³-hybridized carbons (Fsp3) is 0.182. The summed E-state index contributed by atoms with van der Waals surface area (Å²) in [7, 11) is 0. The highest BCUT2D eigenvalue weighted by atomic mass is 32.1. The van der Waals surface area contributed by atoms with Crippen LogP contribution in [0.1, 0.15) is 66.8 Å². The minimum Gasteiger partial charge on any atom is -0.296 e. The van der Waals surface area contributed by atoms with Crippen LogP contribution in [0, 0.1) is 10.8 Å². The van der Waals surface area contributed by atoms with Gasteiger partial charge in [0.05, 0.1) is 97.6 Å². The molecule has 0 fully saturated rings. The zero-order valence-corrected chi connectivity index (χ0v) is 54.6. The molecule has 6 nitrogen and oxygen atoms in total. The number of alkyl halides is 36. The van der Waals surface area contributed by atoms with Gasteiger partial charge in [-0.1, -0.05) is 0 Å². The monoisotopic (exact) mass is 1680 g/mol. The van der Waals surface area contributed by atoms with Gasteiger partial charge in [-0.05, 0) is 155 Å². The summed E-state index contributed by atoms with van der Waals surface area (Å²) in [4.78, 5) is 8.87. The standard InChI is InChI=1S/C66H22F36N6S3/c67-55(68,69)27-1-21(2-28(13-27)56(70,71)72)41-19-39(51(109-41)23-5-31(59(79,80)81)15-32(6-23)60(82,83)84)105-45-43(103)44(104)46(106-40-20-42(22-3-29(57(73,74)75)14-30(4-22)58(76,77)78)110-52(40)24-7-33(61(85,86)87)16-34(8-24)62(88,89)90)48-47(45)107-49-50(108-48)54(26-11-37(65(97,98)99)18-38(12-26)66(100,101)102)111-53(49)25-9-35(63(91,92)93)17-36(10-25)64(94,95)96/h1-20,103-104H. The normalized spacial score (nSPS) is 14.1. The van der Waals surface area contributed by atoms with Gasteiger partial charge in [0.2, 0.25) is 0 Å². The summed E-state index contributed by atoms with van der Waals surface area (Å²) in [5.41, 5.74) is -44.1. The van der Waals surface area contributed by atoms with Crippen molar-refractivity contribution in [3.63, 3.8) is 0 Å². The minimum absolute atomic E-state index is 0.0843. The molecule has 11 aromatic rings. The van der Waals surface area contributed by atoms with Crippen LogP contribution in [0.15, 0.2) is 131 Å². The van der Waals surface area contributed by atoms with Crippen molar-refractivity contribution < 1.29 is 158 Å².